The number of hydrogen-bond acceptors (Lipinski definition) is 4. The molecule has 2 heterocycles. The molecule has 0 radical (unpaired) electrons. The molecule has 0 spiro atoms. The molecule has 1 N–H and O–H groups in total. The van der Waals surface area contributed by atoms with Crippen molar-refractivity contribution in [2.24, 2.45) is 0 Å². The summed E-state index contributed by atoms with van der Waals surface area (Å²) >= 11 is 0. The van der Waals surface area contributed by atoms with Crippen LogP contribution in [-0.2, 0) is 24.2 Å². The first kappa shape index (κ1) is 8.59. The van der Waals surface area contributed by atoms with E-state index < -0.39 is 0 Å². The van der Waals surface area contributed by atoms with E-state index in [0.717, 1.165) is 30.1 Å². The van der Waals surface area contributed by atoms with Crippen LogP contribution in [0.5, 0.6) is 0 Å². The van der Waals surface area contributed by atoms with Gasteiger partial charge in [-0.2, -0.15) is 0 Å². The summed E-state index contributed by atoms with van der Waals surface area (Å²) < 4.78 is 5.27. The highest BCUT2D eigenvalue weighted by Gasteiger charge is 2.11. The molecule has 13 heavy (non-hydrogen) atoms. The summed E-state index contributed by atoms with van der Waals surface area (Å²) in [7, 11) is 0. The predicted octanol–water partition coefficient (Wildman–Crippen LogP) is 0.0841. The monoisotopic (exact) mass is 180 g/mol. The summed E-state index contributed by atoms with van der Waals surface area (Å²) in [5.74, 6) is 0.725. The number of rotatable bonds is 2. The van der Waals surface area contributed by atoms with Gasteiger partial charge < -0.3 is 9.84 Å². The number of ether oxygens (including phenoxy) is 1. The Balaban J connectivity index is 2.24. The summed E-state index contributed by atoms with van der Waals surface area (Å²) in [6.07, 6.45) is 3.19. The molecule has 0 aliphatic carbocycles. The van der Waals surface area contributed by atoms with Gasteiger partial charge >= 0.3 is 0 Å². The second-order valence-corrected chi connectivity index (χ2v) is 3.03. The number of aliphatic hydroxyl groups excluding tert-OH is 1. The molecule has 0 fully saturated rings. The predicted molar refractivity (Wildman–Crippen MR) is 46.2 cm³/mol. The number of fused-ring (bicyclic) bond motifs is 1. The summed E-state index contributed by atoms with van der Waals surface area (Å²) in [4.78, 5) is 8.48. The molecule has 0 saturated heterocycles. The average Bonchev–Trinajstić information content (AvgIpc) is 2.18. The number of aromatic nitrogens is 2. The fourth-order valence-electron chi connectivity index (χ4n) is 1.39. The van der Waals surface area contributed by atoms with E-state index in [1.54, 1.807) is 6.20 Å². The molecule has 1 aromatic heterocycles. The van der Waals surface area contributed by atoms with Crippen molar-refractivity contribution in [3.63, 3.8) is 0 Å². The molecule has 1 aliphatic heterocycles. The summed E-state index contributed by atoms with van der Waals surface area (Å²) in [5, 5.41) is 8.72. The van der Waals surface area contributed by atoms with Gasteiger partial charge in [0.2, 0.25) is 0 Å². The maximum absolute atomic E-state index is 8.72. The largest absolute Gasteiger partial charge is 0.396 e. The first-order valence-corrected chi connectivity index (χ1v) is 4.42. The van der Waals surface area contributed by atoms with Gasteiger partial charge in [0.05, 0.1) is 25.5 Å². The van der Waals surface area contributed by atoms with Crippen molar-refractivity contribution in [3.8, 4) is 0 Å². The minimum absolute atomic E-state index is 0.106. The Bertz CT molecular complexity index is 302. The normalized spacial score (nSPS) is 15.5. The fourth-order valence-corrected chi connectivity index (χ4v) is 1.39. The minimum Gasteiger partial charge on any atom is -0.396 e. The molecule has 4 heteroatoms. The van der Waals surface area contributed by atoms with Crippen molar-refractivity contribution in [2.45, 2.75) is 19.4 Å². The van der Waals surface area contributed by atoms with Gasteiger partial charge in [0.25, 0.3) is 0 Å². The number of nitrogens with zero attached hydrogens (tertiary/aromatic N) is 2. The summed E-state index contributed by atoms with van der Waals surface area (Å²) in [6, 6.07) is 0. The maximum atomic E-state index is 8.72. The van der Waals surface area contributed by atoms with Gasteiger partial charge in [-0.25, -0.2) is 9.97 Å². The van der Waals surface area contributed by atoms with Crippen molar-refractivity contribution in [3.05, 3.63) is 23.3 Å². The molecule has 0 amide bonds. The molecule has 70 valence electrons. The summed E-state index contributed by atoms with van der Waals surface area (Å²) in [5.41, 5.74) is 2.15. The Morgan fingerprint density at radius 1 is 1.54 bits per heavy atom. The van der Waals surface area contributed by atoms with Gasteiger partial charge in [-0.05, 0) is 0 Å². The number of hydrogen-bond donors (Lipinski definition) is 1. The summed E-state index contributed by atoms with van der Waals surface area (Å²) in [6.45, 7) is 1.46. The topological polar surface area (TPSA) is 55.2 Å². The van der Waals surface area contributed by atoms with E-state index in [9.17, 15) is 0 Å². The SMILES string of the molecule is OCCc1ncc2c(n1)CCOC2. The highest BCUT2D eigenvalue weighted by Crippen LogP contribution is 2.13. The van der Waals surface area contributed by atoms with Gasteiger partial charge in [0.1, 0.15) is 5.82 Å². The maximum Gasteiger partial charge on any atom is 0.130 e. The van der Waals surface area contributed by atoms with E-state index in [0.29, 0.717) is 13.0 Å². The third-order valence-corrected chi connectivity index (χ3v) is 2.08. The highest BCUT2D eigenvalue weighted by atomic mass is 16.5. The third-order valence-electron chi connectivity index (χ3n) is 2.08. The third kappa shape index (κ3) is 1.84. The van der Waals surface area contributed by atoms with Gasteiger partial charge in [-0.1, -0.05) is 0 Å². The second kappa shape index (κ2) is 3.81. The second-order valence-electron chi connectivity index (χ2n) is 3.03. The zero-order valence-electron chi connectivity index (χ0n) is 7.36. The van der Waals surface area contributed by atoms with Crippen molar-refractivity contribution < 1.29 is 9.84 Å². The Labute approximate surface area is 76.6 Å². The van der Waals surface area contributed by atoms with Crippen LogP contribution in [0.3, 0.4) is 0 Å². The quantitative estimate of drug-likeness (QED) is 0.700. The van der Waals surface area contributed by atoms with E-state index in [4.69, 9.17) is 9.84 Å². The van der Waals surface area contributed by atoms with Crippen LogP contribution in [0.15, 0.2) is 6.20 Å². The van der Waals surface area contributed by atoms with Crippen LogP contribution in [0.25, 0.3) is 0 Å². The van der Waals surface area contributed by atoms with Crippen molar-refractivity contribution in [2.75, 3.05) is 13.2 Å². The van der Waals surface area contributed by atoms with Crippen molar-refractivity contribution in [1.82, 2.24) is 9.97 Å². The van der Waals surface area contributed by atoms with Crippen LogP contribution in [0.4, 0.5) is 0 Å². The highest BCUT2D eigenvalue weighted by molar-refractivity contribution is 5.18. The Morgan fingerprint density at radius 2 is 2.46 bits per heavy atom. The van der Waals surface area contributed by atoms with Crippen LogP contribution in [0, 0.1) is 0 Å². The standard InChI is InChI=1S/C9H12N2O2/c12-3-1-9-10-5-7-6-13-4-2-8(7)11-9/h5,12H,1-4,6H2. The molecular formula is C9H12N2O2. The van der Waals surface area contributed by atoms with E-state index in [-0.39, 0.29) is 6.61 Å². The first-order chi connectivity index (χ1) is 6.40. The van der Waals surface area contributed by atoms with Crippen LogP contribution >= 0.6 is 0 Å². The Kier molecular flexibility index (Phi) is 2.52. The molecule has 0 aromatic carbocycles. The lowest BCUT2D eigenvalue weighted by molar-refractivity contribution is 0.108. The lowest BCUT2D eigenvalue weighted by atomic mass is 10.1. The zero-order chi connectivity index (χ0) is 9.10. The molecule has 0 unspecified atom stereocenters. The minimum atomic E-state index is 0.106. The van der Waals surface area contributed by atoms with Crippen LogP contribution < -0.4 is 0 Å². The van der Waals surface area contributed by atoms with Crippen LogP contribution in [0.2, 0.25) is 0 Å². The van der Waals surface area contributed by atoms with Gasteiger partial charge in [-0.15, -0.1) is 0 Å². The molecule has 0 saturated carbocycles. The Hall–Kier alpha value is -1.00. The molecule has 1 aromatic rings. The van der Waals surface area contributed by atoms with Crippen LogP contribution in [0.1, 0.15) is 17.1 Å². The van der Waals surface area contributed by atoms with Gasteiger partial charge in [0, 0.05) is 24.6 Å². The van der Waals surface area contributed by atoms with E-state index in [1.165, 1.54) is 0 Å². The van der Waals surface area contributed by atoms with Gasteiger partial charge in [0.15, 0.2) is 0 Å². The Morgan fingerprint density at radius 3 is 3.31 bits per heavy atom. The molecule has 2 rings (SSSR count). The van der Waals surface area contributed by atoms with E-state index >= 15 is 0 Å². The number of aliphatic hydroxyl groups is 1. The first-order valence-electron chi connectivity index (χ1n) is 4.42. The molecule has 4 nitrogen and oxygen atoms in total. The lowest BCUT2D eigenvalue weighted by Crippen LogP contribution is -2.14. The molecule has 0 bridgehead atoms. The van der Waals surface area contributed by atoms with E-state index in [1.807, 2.05) is 0 Å². The van der Waals surface area contributed by atoms with E-state index in [2.05, 4.69) is 9.97 Å². The van der Waals surface area contributed by atoms with Crippen molar-refractivity contribution in [1.29, 1.82) is 0 Å². The lowest BCUT2D eigenvalue weighted by Gasteiger charge is -2.15. The van der Waals surface area contributed by atoms with Crippen LogP contribution in [-0.4, -0.2) is 28.3 Å². The molecule has 0 atom stereocenters. The fraction of sp³-hybridized carbons (Fsp3) is 0.556. The van der Waals surface area contributed by atoms with Crippen molar-refractivity contribution >= 4 is 0 Å². The smallest absolute Gasteiger partial charge is 0.130 e. The molecule has 1 aliphatic rings. The zero-order valence-corrected chi connectivity index (χ0v) is 7.36. The molecular weight excluding hydrogens is 168 g/mol. The average molecular weight is 180 g/mol. The van der Waals surface area contributed by atoms with Gasteiger partial charge in [-0.3, -0.25) is 0 Å².